The zero-order chi connectivity index (χ0) is 17.6. The Balaban J connectivity index is 2.88. The van der Waals surface area contributed by atoms with Crippen molar-refractivity contribution in [2.45, 2.75) is 13.0 Å². The van der Waals surface area contributed by atoms with Gasteiger partial charge >= 0.3 is 5.97 Å². The average Bonchev–Trinajstić information content (AvgIpc) is 2.51. The van der Waals surface area contributed by atoms with E-state index in [0.29, 0.717) is 5.56 Å². The molecule has 0 heterocycles. The van der Waals surface area contributed by atoms with Gasteiger partial charge in [-0.05, 0) is 30.7 Å². The molecule has 1 aromatic rings. The van der Waals surface area contributed by atoms with E-state index in [9.17, 15) is 9.59 Å². The van der Waals surface area contributed by atoms with E-state index in [1.165, 1.54) is 17.9 Å². The van der Waals surface area contributed by atoms with E-state index in [0.717, 1.165) is 5.69 Å². The van der Waals surface area contributed by atoms with Crippen molar-refractivity contribution < 1.29 is 14.3 Å². The normalized spacial score (nSPS) is 12.1. The summed E-state index contributed by atoms with van der Waals surface area (Å²) in [5, 5.41) is 9.14. The lowest BCUT2D eigenvalue weighted by Gasteiger charge is -2.16. The molecule has 1 atom stereocenters. The highest BCUT2D eigenvalue weighted by atomic mass is 16.5. The molecule has 0 spiro atoms. The van der Waals surface area contributed by atoms with Crippen molar-refractivity contribution in [2.75, 3.05) is 33.1 Å². The number of anilines is 1. The van der Waals surface area contributed by atoms with Crippen molar-refractivity contribution >= 4 is 23.6 Å². The minimum atomic E-state index is -0.939. The Labute approximate surface area is 136 Å². The molecule has 0 N–H and O–H groups in total. The molecule has 1 amide bonds. The Bertz CT molecular complexity index is 640. The highest BCUT2D eigenvalue weighted by molar-refractivity contribution is 5.99. The molecule has 23 heavy (non-hydrogen) atoms. The van der Waals surface area contributed by atoms with Crippen LogP contribution in [0.15, 0.2) is 29.8 Å². The van der Waals surface area contributed by atoms with Crippen LogP contribution in [0.2, 0.25) is 0 Å². The maximum absolute atomic E-state index is 12.0. The average molecular weight is 315 g/mol. The highest BCUT2D eigenvalue weighted by Gasteiger charge is 2.21. The van der Waals surface area contributed by atoms with Gasteiger partial charge in [0.1, 0.15) is 11.6 Å². The number of esters is 1. The fourth-order valence-corrected chi connectivity index (χ4v) is 1.81. The van der Waals surface area contributed by atoms with Crippen LogP contribution in [0.4, 0.5) is 5.69 Å². The van der Waals surface area contributed by atoms with Crippen LogP contribution < -0.4 is 4.90 Å². The fourth-order valence-electron chi connectivity index (χ4n) is 1.81. The fraction of sp³-hybridized carbons (Fsp3) is 0.353. The second-order valence-electron chi connectivity index (χ2n) is 5.44. The minimum absolute atomic E-state index is 0.152. The lowest BCUT2D eigenvalue weighted by Crippen LogP contribution is -2.35. The van der Waals surface area contributed by atoms with Gasteiger partial charge < -0.3 is 14.5 Å². The first kappa shape index (κ1) is 18.2. The summed E-state index contributed by atoms with van der Waals surface area (Å²) in [6.45, 7) is 1.47. The smallest absolute Gasteiger partial charge is 0.349 e. The Morgan fingerprint density at radius 1 is 1.17 bits per heavy atom. The van der Waals surface area contributed by atoms with Crippen molar-refractivity contribution in [1.82, 2.24) is 4.90 Å². The van der Waals surface area contributed by atoms with Crippen molar-refractivity contribution in [3.63, 3.8) is 0 Å². The van der Waals surface area contributed by atoms with Gasteiger partial charge in [-0.25, -0.2) is 4.79 Å². The number of ether oxygens (including phenoxy) is 1. The molecule has 0 aliphatic carbocycles. The number of likely N-dealkylation sites (N-methyl/N-ethyl adjacent to an activating group) is 1. The summed E-state index contributed by atoms with van der Waals surface area (Å²) in [6, 6.07) is 9.17. The maximum atomic E-state index is 12.0. The lowest BCUT2D eigenvalue weighted by atomic mass is 10.1. The Hall–Kier alpha value is -2.81. The Morgan fingerprint density at radius 2 is 1.74 bits per heavy atom. The molecule has 1 aromatic carbocycles. The topological polar surface area (TPSA) is 73.6 Å². The summed E-state index contributed by atoms with van der Waals surface area (Å²) in [5.41, 5.74) is 1.56. The Kier molecular flexibility index (Phi) is 6.34. The van der Waals surface area contributed by atoms with E-state index in [4.69, 9.17) is 10.00 Å². The quantitative estimate of drug-likeness (QED) is 0.469. The molecule has 0 fully saturated rings. The molecular formula is C17H21N3O3. The molecule has 0 aliphatic heterocycles. The first-order valence-electron chi connectivity index (χ1n) is 7.07. The summed E-state index contributed by atoms with van der Waals surface area (Å²) in [7, 11) is 6.98. The van der Waals surface area contributed by atoms with E-state index in [1.807, 2.05) is 37.2 Å². The predicted molar refractivity (Wildman–Crippen MR) is 88.6 cm³/mol. The number of amides is 1. The van der Waals surface area contributed by atoms with Gasteiger partial charge in [0, 0.05) is 33.9 Å². The lowest BCUT2D eigenvalue weighted by molar-refractivity contribution is -0.154. The van der Waals surface area contributed by atoms with E-state index in [2.05, 4.69) is 0 Å². The van der Waals surface area contributed by atoms with Crippen molar-refractivity contribution in [2.24, 2.45) is 0 Å². The van der Waals surface area contributed by atoms with Crippen molar-refractivity contribution in [3.05, 3.63) is 35.4 Å². The SMILES string of the molecule is C[C@@H](OC(=O)/C(C#N)=C/c1ccc(N(C)C)cc1)C(=O)N(C)C. The van der Waals surface area contributed by atoms with E-state index >= 15 is 0 Å². The van der Waals surface area contributed by atoms with E-state index in [1.54, 1.807) is 26.2 Å². The summed E-state index contributed by atoms with van der Waals surface area (Å²) >= 11 is 0. The molecule has 0 saturated heterocycles. The molecule has 122 valence electrons. The molecule has 0 unspecified atom stereocenters. The molecular weight excluding hydrogens is 294 g/mol. The third kappa shape index (κ3) is 5.15. The summed E-state index contributed by atoms with van der Waals surface area (Å²) < 4.78 is 5.03. The van der Waals surface area contributed by atoms with Gasteiger partial charge in [-0.3, -0.25) is 4.79 Å². The number of nitriles is 1. The molecule has 0 bridgehead atoms. The van der Waals surface area contributed by atoms with Gasteiger partial charge in [-0.2, -0.15) is 5.26 Å². The number of benzene rings is 1. The van der Waals surface area contributed by atoms with Gasteiger partial charge in [0.2, 0.25) is 0 Å². The molecule has 1 rings (SSSR count). The van der Waals surface area contributed by atoms with Crippen LogP contribution in [0.1, 0.15) is 12.5 Å². The van der Waals surface area contributed by atoms with Crippen LogP contribution >= 0.6 is 0 Å². The number of hydrogen-bond acceptors (Lipinski definition) is 5. The van der Waals surface area contributed by atoms with Crippen molar-refractivity contribution in [1.29, 1.82) is 5.26 Å². The zero-order valence-electron chi connectivity index (χ0n) is 14.0. The largest absolute Gasteiger partial charge is 0.448 e. The first-order valence-corrected chi connectivity index (χ1v) is 7.07. The number of carbonyl (C=O) groups excluding carboxylic acids is 2. The predicted octanol–water partition coefficient (Wildman–Crippen LogP) is 1.68. The maximum Gasteiger partial charge on any atom is 0.349 e. The molecule has 6 heteroatoms. The van der Waals surface area contributed by atoms with Crippen LogP contribution in [0.25, 0.3) is 6.08 Å². The van der Waals surface area contributed by atoms with Crippen LogP contribution in [0.5, 0.6) is 0 Å². The number of rotatable bonds is 5. The highest BCUT2D eigenvalue weighted by Crippen LogP contribution is 2.15. The van der Waals surface area contributed by atoms with Gasteiger partial charge in [0.15, 0.2) is 6.10 Å². The molecule has 0 saturated carbocycles. The summed E-state index contributed by atoms with van der Waals surface area (Å²) in [4.78, 5) is 27.0. The molecule has 6 nitrogen and oxygen atoms in total. The van der Waals surface area contributed by atoms with E-state index < -0.39 is 12.1 Å². The first-order chi connectivity index (χ1) is 10.8. The van der Waals surface area contributed by atoms with Gasteiger partial charge in [-0.1, -0.05) is 12.1 Å². The third-order valence-corrected chi connectivity index (χ3v) is 3.13. The van der Waals surface area contributed by atoms with Crippen molar-refractivity contribution in [3.8, 4) is 6.07 Å². The van der Waals surface area contributed by atoms with Gasteiger partial charge in [0.25, 0.3) is 5.91 Å². The van der Waals surface area contributed by atoms with E-state index in [-0.39, 0.29) is 11.5 Å². The number of hydrogen-bond donors (Lipinski definition) is 0. The Morgan fingerprint density at radius 3 is 2.17 bits per heavy atom. The zero-order valence-corrected chi connectivity index (χ0v) is 14.0. The third-order valence-electron chi connectivity index (χ3n) is 3.13. The van der Waals surface area contributed by atoms with Crippen LogP contribution in [0.3, 0.4) is 0 Å². The van der Waals surface area contributed by atoms with Gasteiger partial charge in [0.05, 0.1) is 0 Å². The van der Waals surface area contributed by atoms with Crippen LogP contribution in [-0.4, -0.2) is 51.1 Å². The minimum Gasteiger partial charge on any atom is -0.448 e. The van der Waals surface area contributed by atoms with Gasteiger partial charge in [-0.15, -0.1) is 0 Å². The molecule has 0 radical (unpaired) electrons. The summed E-state index contributed by atoms with van der Waals surface area (Å²) in [6.07, 6.45) is 0.500. The molecule has 0 aliphatic rings. The molecule has 0 aromatic heterocycles. The number of carbonyl (C=O) groups is 2. The monoisotopic (exact) mass is 315 g/mol. The number of nitrogens with zero attached hydrogens (tertiary/aromatic N) is 3. The second-order valence-corrected chi connectivity index (χ2v) is 5.44. The second kappa shape index (κ2) is 7.99. The van der Waals surface area contributed by atoms with Crippen LogP contribution in [0, 0.1) is 11.3 Å². The summed E-state index contributed by atoms with van der Waals surface area (Å²) in [5.74, 6) is -1.15. The standard InChI is InChI=1S/C17H21N3O3/c1-12(16(21)20(4)5)23-17(22)14(11-18)10-13-6-8-15(9-7-13)19(2)3/h6-10,12H,1-5H3/b14-10+/t12-/m1/s1. The van der Waals surface area contributed by atoms with Crippen LogP contribution in [-0.2, 0) is 14.3 Å².